The second-order valence-electron chi connectivity index (χ2n) is 4.03. The van der Waals surface area contributed by atoms with E-state index in [1.54, 1.807) is 11.8 Å². The largest absolute Gasteiger partial charge is 0.416 e. The maximum Gasteiger partial charge on any atom is 0.416 e. The van der Waals surface area contributed by atoms with E-state index in [2.05, 4.69) is 0 Å². The summed E-state index contributed by atoms with van der Waals surface area (Å²) in [6.45, 7) is 1.43. The lowest BCUT2D eigenvalue weighted by Gasteiger charge is -2.29. The van der Waals surface area contributed by atoms with Crippen LogP contribution in [0.1, 0.15) is 15.9 Å². The molecule has 0 saturated carbocycles. The van der Waals surface area contributed by atoms with Gasteiger partial charge in [-0.05, 0) is 18.2 Å². The van der Waals surface area contributed by atoms with Crippen molar-refractivity contribution in [1.82, 2.24) is 0 Å². The second-order valence-corrected chi connectivity index (χ2v) is 5.25. The molecule has 1 fully saturated rings. The summed E-state index contributed by atoms with van der Waals surface area (Å²) in [7, 11) is 0. The molecule has 0 bridgehead atoms. The highest BCUT2D eigenvalue weighted by Crippen LogP contribution is 2.33. The van der Waals surface area contributed by atoms with Crippen LogP contribution in [0, 0.1) is 0 Å². The molecule has 0 amide bonds. The van der Waals surface area contributed by atoms with Crippen LogP contribution in [0.3, 0.4) is 0 Å². The Morgan fingerprint density at radius 1 is 1.17 bits per heavy atom. The number of nitrogens with zero attached hydrogens (tertiary/aromatic N) is 1. The van der Waals surface area contributed by atoms with Gasteiger partial charge < -0.3 is 4.90 Å². The molecule has 1 aliphatic rings. The lowest BCUT2D eigenvalue weighted by Crippen LogP contribution is -2.32. The van der Waals surface area contributed by atoms with E-state index in [1.165, 1.54) is 6.07 Å². The zero-order valence-electron chi connectivity index (χ0n) is 9.54. The van der Waals surface area contributed by atoms with Crippen LogP contribution in [0.5, 0.6) is 0 Å². The number of thioether (sulfide) groups is 1. The Kier molecular flexibility index (Phi) is 3.85. The summed E-state index contributed by atoms with van der Waals surface area (Å²) < 4.78 is 38.1. The van der Waals surface area contributed by atoms with Gasteiger partial charge in [0.15, 0.2) is 0 Å². The van der Waals surface area contributed by atoms with Crippen LogP contribution in [0.25, 0.3) is 0 Å². The predicted molar refractivity (Wildman–Crippen MR) is 66.4 cm³/mol. The highest BCUT2D eigenvalue weighted by Gasteiger charge is 2.31. The Hall–Kier alpha value is -1.17. The molecule has 1 aromatic carbocycles. The highest BCUT2D eigenvalue weighted by molar-refractivity contribution is 7.99. The topological polar surface area (TPSA) is 20.3 Å². The van der Waals surface area contributed by atoms with Crippen molar-refractivity contribution in [3.8, 4) is 0 Å². The standard InChI is InChI=1S/C12H12F3NOS/c13-12(14,15)10-5-9(8-17)6-11(7-10)16-1-3-18-4-2-16/h5-8H,1-4H2. The average molecular weight is 275 g/mol. The van der Waals surface area contributed by atoms with Crippen molar-refractivity contribution in [2.24, 2.45) is 0 Å². The van der Waals surface area contributed by atoms with Gasteiger partial charge in [0, 0.05) is 35.8 Å². The molecule has 0 atom stereocenters. The van der Waals surface area contributed by atoms with Crippen LogP contribution in [0.4, 0.5) is 18.9 Å². The molecular weight excluding hydrogens is 263 g/mol. The van der Waals surface area contributed by atoms with E-state index in [1.807, 2.05) is 4.90 Å². The fourth-order valence-electron chi connectivity index (χ4n) is 1.87. The van der Waals surface area contributed by atoms with E-state index in [0.29, 0.717) is 25.1 Å². The van der Waals surface area contributed by atoms with E-state index in [4.69, 9.17) is 0 Å². The lowest BCUT2D eigenvalue weighted by atomic mass is 10.1. The quantitative estimate of drug-likeness (QED) is 0.774. The molecule has 1 aromatic rings. The van der Waals surface area contributed by atoms with Gasteiger partial charge in [-0.3, -0.25) is 4.79 Å². The van der Waals surface area contributed by atoms with Gasteiger partial charge in [0.1, 0.15) is 6.29 Å². The fourth-order valence-corrected chi connectivity index (χ4v) is 2.77. The van der Waals surface area contributed by atoms with Crippen LogP contribution >= 0.6 is 11.8 Å². The zero-order chi connectivity index (χ0) is 13.2. The number of carbonyl (C=O) groups is 1. The molecule has 0 N–H and O–H groups in total. The van der Waals surface area contributed by atoms with E-state index in [-0.39, 0.29) is 5.56 Å². The molecule has 0 spiro atoms. The molecule has 0 aliphatic carbocycles. The van der Waals surface area contributed by atoms with Gasteiger partial charge in [-0.1, -0.05) is 0 Å². The summed E-state index contributed by atoms with van der Waals surface area (Å²) in [6.07, 6.45) is -3.96. The summed E-state index contributed by atoms with van der Waals surface area (Å²) >= 11 is 1.78. The predicted octanol–water partition coefficient (Wildman–Crippen LogP) is 3.07. The number of benzene rings is 1. The number of hydrogen-bond acceptors (Lipinski definition) is 3. The minimum atomic E-state index is -4.42. The number of anilines is 1. The molecular formula is C12H12F3NOS. The number of aldehydes is 1. The van der Waals surface area contributed by atoms with Crippen LogP contribution in [-0.2, 0) is 6.18 Å². The molecule has 1 aliphatic heterocycles. The first-order valence-corrected chi connectivity index (χ1v) is 6.66. The maximum atomic E-state index is 12.7. The van der Waals surface area contributed by atoms with Crippen LogP contribution in [-0.4, -0.2) is 30.9 Å². The van der Waals surface area contributed by atoms with E-state index < -0.39 is 11.7 Å². The van der Waals surface area contributed by atoms with Crippen molar-refractivity contribution in [2.75, 3.05) is 29.5 Å². The van der Waals surface area contributed by atoms with Crippen LogP contribution in [0.15, 0.2) is 18.2 Å². The summed E-state index contributed by atoms with van der Waals surface area (Å²) in [5, 5.41) is 0. The number of rotatable bonds is 2. The third kappa shape index (κ3) is 2.98. The van der Waals surface area contributed by atoms with Gasteiger partial charge in [-0.2, -0.15) is 24.9 Å². The van der Waals surface area contributed by atoms with Gasteiger partial charge >= 0.3 is 6.18 Å². The van der Waals surface area contributed by atoms with Gasteiger partial charge in [-0.15, -0.1) is 0 Å². The summed E-state index contributed by atoms with van der Waals surface area (Å²) in [5.74, 6) is 1.79. The smallest absolute Gasteiger partial charge is 0.370 e. The third-order valence-corrected chi connectivity index (χ3v) is 3.72. The van der Waals surface area contributed by atoms with Crippen molar-refractivity contribution in [1.29, 1.82) is 0 Å². The van der Waals surface area contributed by atoms with Crippen molar-refractivity contribution in [3.05, 3.63) is 29.3 Å². The first-order chi connectivity index (χ1) is 8.50. The Balaban J connectivity index is 2.37. The number of hydrogen-bond donors (Lipinski definition) is 0. The SMILES string of the molecule is O=Cc1cc(N2CCSCC2)cc(C(F)(F)F)c1. The average Bonchev–Trinajstić information content (AvgIpc) is 2.38. The molecule has 0 aromatic heterocycles. The van der Waals surface area contributed by atoms with Crippen LogP contribution in [0.2, 0.25) is 0 Å². The molecule has 2 rings (SSSR count). The Bertz CT molecular complexity index is 441. The van der Waals surface area contributed by atoms with Crippen LogP contribution < -0.4 is 4.90 Å². The molecule has 1 saturated heterocycles. The molecule has 18 heavy (non-hydrogen) atoms. The molecule has 1 heterocycles. The number of alkyl halides is 3. The third-order valence-electron chi connectivity index (χ3n) is 2.78. The van der Waals surface area contributed by atoms with Gasteiger partial charge in [-0.25, -0.2) is 0 Å². The summed E-state index contributed by atoms with van der Waals surface area (Å²) in [4.78, 5) is 12.6. The van der Waals surface area contributed by atoms with Gasteiger partial charge in [0.05, 0.1) is 5.56 Å². The highest BCUT2D eigenvalue weighted by atomic mass is 32.2. The van der Waals surface area contributed by atoms with E-state index >= 15 is 0 Å². The molecule has 0 radical (unpaired) electrons. The van der Waals surface area contributed by atoms with Crippen molar-refractivity contribution < 1.29 is 18.0 Å². The van der Waals surface area contributed by atoms with Crippen molar-refractivity contribution in [2.45, 2.75) is 6.18 Å². The molecule has 6 heteroatoms. The Labute approximate surface area is 107 Å². The second kappa shape index (κ2) is 5.22. The van der Waals surface area contributed by atoms with Gasteiger partial charge in [0.2, 0.25) is 0 Å². The molecule has 0 unspecified atom stereocenters. The monoisotopic (exact) mass is 275 g/mol. The first kappa shape index (κ1) is 13.3. The lowest BCUT2D eigenvalue weighted by molar-refractivity contribution is -0.137. The minimum Gasteiger partial charge on any atom is -0.370 e. The zero-order valence-corrected chi connectivity index (χ0v) is 10.4. The van der Waals surface area contributed by atoms with Crippen molar-refractivity contribution in [3.63, 3.8) is 0 Å². The van der Waals surface area contributed by atoms with E-state index in [0.717, 1.165) is 23.6 Å². The normalized spacial score (nSPS) is 16.7. The number of halogens is 3. The summed E-state index contributed by atoms with van der Waals surface area (Å²) in [5.41, 5.74) is -0.217. The van der Waals surface area contributed by atoms with E-state index in [9.17, 15) is 18.0 Å². The maximum absolute atomic E-state index is 12.7. The minimum absolute atomic E-state index is 0.0676. The Morgan fingerprint density at radius 3 is 2.39 bits per heavy atom. The first-order valence-electron chi connectivity index (χ1n) is 5.51. The fraction of sp³-hybridized carbons (Fsp3) is 0.417. The van der Waals surface area contributed by atoms with Crippen molar-refractivity contribution >= 4 is 23.7 Å². The molecule has 98 valence electrons. The van der Waals surface area contributed by atoms with Gasteiger partial charge in [0.25, 0.3) is 0 Å². The number of carbonyl (C=O) groups excluding carboxylic acids is 1. The summed E-state index contributed by atoms with van der Waals surface area (Å²) in [6, 6.07) is 3.51. The molecule has 2 nitrogen and oxygen atoms in total. The Morgan fingerprint density at radius 2 is 1.83 bits per heavy atom.